The van der Waals surface area contributed by atoms with E-state index in [1.54, 1.807) is 12.1 Å². The largest absolute Gasteiger partial charge is 0.507 e. The predicted molar refractivity (Wildman–Crippen MR) is 73.3 cm³/mol. The van der Waals surface area contributed by atoms with Crippen molar-refractivity contribution in [2.45, 2.75) is 25.3 Å². The maximum absolute atomic E-state index is 11.8. The number of phenolic OH excluding ortho intramolecular Hbond substituents is 1. The van der Waals surface area contributed by atoms with Crippen LogP contribution in [0.3, 0.4) is 0 Å². The summed E-state index contributed by atoms with van der Waals surface area (Å²) >= 11 is 0. The number of aromatic hydroxyl groups is 1. The van der Waals surface area contributed by atoms with E-state index >= 15 is 0 Å². The van der Waals surface area contributed by atoms with Crippen molar-refractivity contribution >= 4 is 5.97 Å². The zero-order chi connectivity index (χ0) is 14.1. The van der Waals surface area contributed by atoms with Crippen LogP contribution in [0.2, 0.25) is 0 Å². The molecule has 1 aromatic carbocycles. The number of benzene rings is 1. The van der Waals surface area contributed by atoms with Crippen LogP contribution in [0.15, 0.2) is 30.5 Å². The minimum Gasteiger partial charge on any atom is -0.507 e. The van der Waals surface area contributed by atoms with E-state index in [0.717, 1.165) is 25.2 Å². The molecule has 5 heteroatoms. The number of carbonyl (C=O) groups is 1. The number of aromatic nitrogens is 2. The average Bonchev–Trinajstić information content (AvgIpc) is 2.90. The lowest BCUT2D eigenvalue weighted by atomic mass is 9.99. The van der Waals surface area contributed by atoms with Gasteiger partial charge in [-0.15, -0.1) is 0 Å². The standard InChI is InChI=1S/C15H16N2O3/c1-20-15(19)11-6-4-8-17-9-12(16-14(11)17)10-5-2-3-7-13(10)18/h2-3,5,7,9,11,18H,4,6,8H2,1H3. The van der Waals surface area contributed by atoms with Crippen molar-refractivity contribution in [3.8, 4) is 17.0 Å². The second-order valence-corrected chi connectivity index (χ2v) is 4.91. The predicted octanol–water partition coefficient (Wildman–Crippen LogP) is 2.31. The number of esters is 1. The van der Waals surface area contributed by atoms with E-state index < -0.39 is 0 Å². The van der Waals surface area contributed by atoms with Crippen LogP contribution in [0, 0.1) is 0 Å². The van der Waals surface area contributed by atoms with Crippen LogP contribution in [-0.2, 0) is 16.1 Å². The molecule has 0 radical (unpaired) electrons. The Kier molecular flexibility index (Phi) is 3.18. The lowest BCUT2D eigenvalue weighted by Crippen LogP contribution is -2.23. The number of aryl methyl sites for hydroxylation is 1. The number of para-hydroxylation sites is 1. The summed E-state index contributed by atoms with van der Waals surface area (Å²) in [5, 5.41) is 9.91. The quantitative estimate of drug-likeness (QED) is 0.852. The Morgan fingerprint density at radius 2 is 2.25 bits per heavy atom. The summed E-state index contributed by atoms with van der Waals surface area (Å²) in [6, 6.07) is 7.07. The Morgan fingerprint density at radius 1 is 1.45 bits per heavy atom. The van der Waals surface area contributed by atoms with Crippen LogP contribution in [0.5, 0.6) is 5.75 Å². The summed E-state index contributed by atoms with van der Waals surface area (Å²) < 4.78 is 6.82. The summed E-state index contributed by atoms with van der Waals surface area (Å²) in [6.07, 6.45) is 3.56. The molecule has 20 heavy (non-hydrogen) atoms. The van der Waals surface area contributed by atoms with Crippen molar-refractivity contribution < 1.29 is 14.6 Å². The number of imidazole rings is 1. The average molecular weight is 272 g/mol. The third-order valence-corrected chi connectivity index (χ3v) is 3.68. The molecule has 1 N–H and O–H groups in total. The Bertz CT molecular complexity index is 648. The molecule has 1 aliphatic heterocycles. The van der Waals surface area contributed by atoms with Crippen molar-refractivity contribution in [1.82, 2.24) is 9.55 Å². The third-order valence-electron chi connectivity index (χ3n) is 3.68. The molecule has 1 aliphatic rings. The van der Waals surface area contributed by atoms with Crippen molar-refractivity contribution in [3.05, 3.63) is 36.3 Å². The van der Waals surface area contributed by atoms with E-state index in [4.69, 9.17) is 4.74 Å². The molecule has 2 aromatic rings. The number of hydrogen-bond donors (Lipinski definition) is 1. The topological polar surface area (TPSA) is 64.3 Å². The highest BCUT2D eigenvalue weighted by Gasteiger charge is 2.30. The first kappa shape index (κ1) is 12.7. The molecule has 1 aromatic heterocycles. The van der Waals surface area contributed by atoms with Gasteiger partial charge in [-0.25, -0.2) is 4.98 Å². The molecule has 5 nitrogen and oxygen atoms in total. The smallest absolute Gasteiger partial charge is 0.316 e. The molecule has 1 unspecified atom stereocenters. The summed E-state index contributed by atoms with van der Waals surface area (Å²) in [4.78, 5) is 16.4. The van der Waals surface area contributed by atoms with Gasteiger partial charge in [0.15, 0.2) is 0 Å². The second kappa shape index (κ2) is 5.00. The molecule has 0 fully saturated rings. The molecule has 3 rings (SSSR count). The highest BCUT2D eigenvalue weighted by atomic mass is 16.5. The fourth-order valence-electron chi connectivity index (χ4n) is 2.67. The van der Waals surface area contributed by atoms with Gasteiger partial charge in [-0.1, -0.05) is 12.1 Å². The zero-order valence-corrected chi connectivity index (χ0v) is 11.2. The SMILES string of the molecule is COC(=O)C1CCCn2cc(-c3ccccc3O)nc21. The number of phenols is 1. The minimum absolute atomic E-state index is 0.192. The van der Waals surface area contributed by atoms with Crippen LogP contribution in [-0.4, -0.2) is 27.7 Å². The fraction of sp³-hybridized carbons (Fsp3) is 0.333. The van der Waals surface area contributed by atoms with E-state index in [1.165, 1.54) is 7.11 Å². The first-order valence-corrected chi connectivity index (χ1v) is 6.64. The van der Waals surface area contributed by atoms with Crippen LogP contribution in [0.1, 0.15) is 24.6 Å². The maximum atomic E-state index is 11.8. The number of nitrogens with zero attached hydrogens (tertiary/aromatic N) is 2. The van der Waals surface area contributed by atoms with Gasteiger partial charge in [-0.2, -0.15) is 0 Å². The van der Waals surface area contributed by atoms with E-state index in [0.29, 0.717) is 11.3 Å². The molecule has 0 spiro atoms. The van der Waals surface area contributed by atoms with Gasteiger partial charge in [0, 0.05) is 18.3 Å². The fourth-order valence-corrected chi connectivity index (χ4v) is 2.67. The molecule has 1 atom stereocenters. The second-order valence-electron chi connectivity index (χ2n) is 4.91. The number of ether oxygens (including phenoxy) is 1. The molecular weight excluding hydrogens is 256 g/mol. The number of carbonyl (C=O) groups excluding carboxylic acids is 1. The maximum Gasteiger partial charge on any atom is 0.316 e. The highest BCUT2D eigenvalue weighted by Crippen LogP contribution is 2.33. The monoisotopic (exact) mass is 272 g/mol. The van der Waals surface area contributed by atoms with Crippen LogP contribution >= 0.6 is 0 Å². The molecule has 0 bridgehead atoms. The van der Waals surface area contributed by atoms with Gasteiger partial charge in [0.05, 0.1) is 12.8 Å². The number of hydrogen-bond acceptors (Lipinski definition) is 4. The number of methoxy groups -OCH3 is 1. The van der Waals surface area contributed by atoms with Gasteiger partial charge in [-0.3, -0.25) is 4.79 Å². The highest BCUT2D eigenvalue weighted by molar-refractivity contribution is 5.77. The van der Waals surface area contributed by atoms with Crippen molar-refractivity contribution in [2.24, 2.45) is 0 Å². The summed E-state index contributed by atoms with van der Waals surface area (Å²) in [5.41, 5.74) is 1.37. The van der Waals surface area contributed by atoms with Gasteiger partial charge >= 0.3 is 5.97 Å². The Morgan fingerprint density at radius 3 is 3.00 bits per heavy atom. The van der Waals surface area contributed by atoms with Crippen molar-refractivity contribution in [1.29, 1.82) is 0 Å². The van der Waals surface area contributed by atoms with Gasteiger partial charge in [-0.05, 0) is 25.0 Å². The Labute approximate surface area is 116 Å². The normalized spacial score (nSPS) is 17.6. The van der Waals surface area contributed by atoms with Crippen LogP contribution in [0.4, 0.5) is 0 Å². The summed E-state index contributed by atoms with van der Waals surface area (Å²) in [6.45, 7) is 0.837. The Balaban J connectivity index is 2.04. The minimum atomic E-state index is -0.312. The van der Waals surface area contributed by atoms with Gasteiger partial charge < -0.3 is 14.4 Å². The molecule has 0 saturated heterocycles. The molecule has 104 valence electrons. The van der Waals surface area contributed by atoms with E-state index in [-0.39, 0.29) is 17.6 Å². The zero-order valence-electron chi connectivity index (χ0n) is 11.2. The van der Waals surface area contributed by atoms with Crippen LogP contribution in [0.25, 0.3) is 11.3 Å². The van der Waals surface area contributed by atoms with Crippen molar-refractivity contribution in [2.75, 3.05) is 7.11 Å². The lowest BCUT2D eigenvalue weighted by molar-refractivity contribution is -0.143. The third kappa shape index (κ3) is 2.05. The van der Waals surface area contributed by atoms with Gasteiger partial charge in [0.25, 0.3) is 0 Å². The first-order chi connectivity index (χ1) is 9.70. The molecule has 0 saturated carbocycles. The van der Waals surface area contributed by atoms with Gasteiger partial charge in [0.2, 0.25) is 0 Å². The number of rotatable bonds is 2. The molecule has 0 aliphatic carbocycles. The Hall–Kier alpha value is -2.30. The summed E-state index contributed by atoms with van der Waals surface area (Å²) in [7, 11) is 1.40. The first-order valence-electron chi connectivity index (χ1n) is 6.64. The van der Waals surface area contributed by atoms with E-state index in [1.807, 2.05) is 22.9 Å². The summed E-state index contributed by atoms with van der Waals surface area (Å²) in [5.74, 6) is 0.354. The van der Waals surface area contributed by atoms with Gasteiger partial charge in [0.1, 0.15) is 17.5 Å². The van der Waals surface area contributed by atoms with Crippen LogP contribution < -0.4 is 0 Å². The lowest BCUT2D eigenvalue weighted by Gasteiger charge is -2.20. The molecule has 2 heterocycles. The molecular formula is C15H16N2O3. The number of fused-ring (bicyclic) bond motifs is 1. The van der Waals surface area contributed by atoms with E-state index in [2.05, 4.69) is 4.98 Å². The molecule has 0 amide bonds. The van der Waals surface area contributed by atoms with E-state index in [9.17, 15) is 9.90 Å². The van der Waals surface area contributed by atoms with Crippen molar-refractivity contribution in [3.63, 3.8) is 0 Å².